The SMILES string of the molecule is Cc1ccc(/C=C\S(=O)(=O)F)cc1. The van der Waals surface area contributed by atoms with E-state index in [2.05, 4.69) is 0 Å². The molecule has 0 aliphatic heterocycles. The fraction of sp³-hybridized carbons (Fsp3) is 0.111. The summed E-state index contributed by atoms with van der Waals surface area (Å²) in [5, 5.41) is 0.539. The third-order valence-corrected chi connectivity index (χ3v) is 1.96. The third-order valence-electron chi connectivity index (χ3n) is 1.50. The van der Waals surface area contributed by atoms with Gasteiger partial charge in [-0.3, -0.25) is 0 Å². The van der Waals surface area contributed by atoms with Crippen LogP contribution in [0.5, 0.6) is 0 Å². The van der Waals surface area contributed by atoms with Crippen molar-refractivity contribution in [2.45, 2.75) is 6.92 Å². The molecule has 0 bridgehead atoms. The predicted octanol–water partition coefficient (Wildman–Crippen LogP) is 2.27. The van der Waals surface area contributed by atoms with Crippen LogP contribution in [0, 0.1) is 6.92 Å². The molecule has 1 aromatic rings. The Balaban J connectivity index is 2.88. The van der Waals surface area contributed by atoms with Gasteiger partial charge < -0.3 is 0 Å². The van der Waals surface area contributed by atoms with Gasteiger partial charge in [-0.1, -0.05) is 29.8 Å². The lowest BCUT2D eigenvalue weighted by atomic mass is 10.2. The predicted molar refractivity (Wildman–Crippen MR) is 50.2 cm³/mol. The van der Waals surface area contributed by atoms with Gasteiger partial charge in [0.2, 0.25) is 0 Å². The second-order valence-corrected chi connectivity index (χ2v) is 3.91. The van der Waals surface area contributed by atoms with Crippen molar-refractivity contribution in [3.05, 3.63) is 40.8 Å². The summed E-state index contributed by atoms with van der Waals surface area (Å²) in [6, 6.07) is 7.09. The van der Waals surface area contributed by atoms with Gasteiger partial charge in [-0.05, 0) is 18.6 Å². The first-order chi connectivity index (χ1) is 5.97. The maximum absolute atomic E-state index is 12.0. The standard InChI is InChI=1S/C9H9FO2S/c1-8-2-4-9(5-3-8)6-7-13(10,11)12/h2-7H,1H3/b7-6-. The Kier molecular flexibility index (Phi) is 2.83. The molecule has 0 N–H and O–H groups in total. The summed E-state index contributed by atoms with van der Waals surface area (Å²) in [5.74, 6) is 0. The maximum Gasteiger partial charge on any atom is 0.325 e. The smallest absolute Gasteiger partial charge is 0.190 e. The van der Waals surface area contributed by atoms with Crippen LogP contribution in [0.2, 0.25) is 0 Å². The van der Waals surface area contributed by atoms with Crippen molar-refractivity contribution in [3.8, 4) is 0 Å². The van der Waals surface area contributed by atoms with Gasteiger partial charge in [0.15, 0.2) is 0 Å². The molecule has 4 heteroatoms. The van der Waals surface area contributed by atoms with Crippen LogP contribution < -0.4 is 0 Å². The lowest BCUT2D eigenvalue weighted by Gasteiger charge is -1.92. The number of hydrogen-bond acceptors (Lipinski definition) is 2. The van der Waals surface area contributed by atoms with E-state index in [1.54, 1.807) is 12.1 Å². The Morgan fingerprint density at radius 1 is 1.23 bits per heavy atom. The Morgan fingerprint density at radius 3 is 2.23 bits per heavy atom. The summed E-state index contributed by atoms with van der Waals surface area (Å²) in [6.45, 7) is 1.92. The van der Waals surface area contributed by atoms with Gasteiger partial charge in [0.05, 0.1) is 5.41 Å². The van der Waals surface area contributed by atoms with Crippen molar-refractivity contribution in [1.29, 1.82) is 0 Å². The van der Waals surface area contributed by atoms with E-state index in [9.17, 15) is 12.3 Å². The molecule has 13 heavy (non-hydrogen) atoms. The minimum atomic E-state index is -4.51. The van der Waals surface area contributed by atoms with Crippen molar-refractivity contribution >= 4 is 16.3 Å². The average Bonchev–Trinajstić information content (AvgIpc) is 2.02. The number of benzene rings is 1. The summed E-state index contributed by atoms with van der Waals surface area (Å²) in [4.78, 5) is 0. The molecule has 2 nitrogen and oxygen atoms in total. The van der Waals surface area contributed by atoms with Gasteiger partial charge in [-0.15, -0.1) is 3.89 Å². The topological polar surface area (TPSA) is 34.1 Å². The van der Waals surface area contributed by atoms with Gasteiger partial charge >= 0.3 is 10.2 Å². The molecule has 0 atom stereocenters. The molecule has 1 rings (SSSR count). The number of rotatable bonds is 2. The fourth-order valence-corrected chi connectivity index (χ4v) is 1.16. The van der Waals surface area contributed by atoms with Crippen LogP contribution in [0.15, 0.2) is 29.7 Å². The van der Waals surface area contributed by atoms with Crippen LogP contribution in [0.3, 0.4) is 0 Å². The molecule has 0 saturated heterocycles. The second-order valence-electron chi connectivity index (χ2n) is 2.69. The van der Waals surface area contributed by atoms with Crippen molar-refractivity contribution in [3.63, 3.8) is 0 Å². The molecular weight excluding hydrogens is 191 g/mol. The van der Waals surface area contributed by atoms with Crippen LogP contribution in [-0.2, 0) is 10.2 Å². The average molecular weight is 200 g/mol. The zero-order valence-corrected chi connectivity index (χ0v) is 7.88. The van der Waals surface area contributed by atoms with E-state index in [1.165, 1.54) is 6.08 Å². The zero-order chi connectivity index (χ0) is 9.90. The molecular formula is C9H9FO2S. The molecule has 0 aliphatic carbocycles. The molecule has 0 aliphatic rings. The van der Waals surface area contributed by atoms with Crippen LogP contribution in [0.25, 0.3) is 6.08 Å². The van der Waals surface area contributed by atoms with E-state index >= 15 is 0 Å². The van der Waals surface area contributed by atoms with E-state index in [4.69, 9.17) is 0 Å². The Labute approximate surface area is 76.9 Å². The summed E-state index contributed by atoms with van der Waals surface area (Å²) in [6.07, 6.45) is 1.22. The fourth-order valence-electron chi connectivity index (χ4n) is 0.837. The summed E-state index contributed by atoms with van der Waals surface area (Å²) in [7, 11) is -4.51. The van der Waals surface area contributed by atoms with Crippen molar-refractivity contribution in [1.82, 2.24) is 0 Å². The van der Waals surface area contributed by atoms with Gasteiger partial charge in [0, 0.05) is 0 Å². The van der Waals surface area contributed by atoms with Crippen LogP contribution >= 0.6 is 0 Å². The van der Waals surface area contributed by atoms with E-state index in [0.29, 0.717) is 11.0 Å². The minimum absolute atomic E-state index is 0.539. The Hall–Kier alpha value is -1.16. The maximum atomic E-state index is 12.0. The van der Waals surface area contributed by atoms with Crippen molar-refractivity contribution < 1.29 is 12.3 Å². The first-order valence-electron chi connectivity index (χ1n) is 3.67. The molecule has 0 radical (unpaired) electrons. The largest absolute Gasteiger partial charge is 0.325 e. The lowest BCUT2D eigenvalue weighted by Crippen LogP contribution is -1.81. The van der Waals surface area contributed by atoms with E-state index in [0.717, 1.165) is 5.56 Å². The zero-order valence-electron chi connectivity index (χ0n) is 7.07. The highest BCUT2D eigenvalue weighted by Crippen LogP contribution is 2.06. The number of aryl methyl sites for hydroxylation is 1. The van der Waals surface area contributed by atoms with E-state index in [1.807, 2.05) is 19.1 Å². The first kappa shape index (κ1) is 9.92. The van der Waals surface area contributed by atoms with E-state index < -0.39 is 10.2 Å². The molecule has 0 amide bonds. The molecule has 0 heterocycles. The van der Waals surface area contributed by atoms with Crippen LogP contribution in [0.4, 0.5) is 3.89 Å². The van der Waals surface area contributed by atoms with Crippen LogP contribution in [0.1, 0.15) is 11.1 Å². The molecule has 0 aromatic heterocycles. The quantitative estimate of drug-likeness (QED) is 0.686. The molecule has 0 fully saturated rings. The molecule has 0 saturated carbocycles. The number of halogens is 1. The monoisotopic (exact) mass is 200 g/mol. The summed E-state index contributed by atoms with van der Waals surface area (Å²) >= 11 is 0. The normalized spacial score (nSPS) is 12.2. The first-order valence-corrected chi connectivity index (χ1v) is 5.11. The van der Waals surface area contributed by atoms with Crippen molar-refractivity contribution in [2.75, 3.05) is 0 Å². The van der Waals surface area contributed by atoms with Crippen LogP contribution in [-0.4, -0.2) is 8.42 Å². The highest BCUT2D eigenvalue weighted by atomic mass is 32.3. The summed E-state index contributed by atoms with van der Waals surface area (Å²) < 4.78 is 32.3. The molecule has 0 spiro atoms. The Morgan fingerprint density at radius 2 is 1.77 bits per heavy atom. The highest BCUT2D eigenvalue weighted by Gasteiger charge is 1.97. The summed E-state index contributed by atoms with van der Waals surface area (Å²) in [5.41, 5.74) is 1.73. The minimum Gasteiger partial charge on any atom is -0.190 e. The molecule has 1 aromatic carbocycles. The lowest BCUT2D eigenvalue weighted by molar-refractivity contribution is 0.563. The van der Waals surface area contributed by atoms with Crippen molar-refractivity contribution in [2.24, 2.45) is 0 Å². The van der Waals surface area contributed by atoms with Gasteiger partial charge in [0.1, 0.15) is 0 Å². The second kappa shape index (κ2) is 3.70. The number of hydrogen-bond donors (Lipinski definition) is 0. The molecule has 70 valence electrons. The third kappa shape index (κ3) is 3.85. The van der Waals surface area contributed by atoms with Gasteiger partial charge in [-0.25, -0.2) is 0 Å². The van der Waals surface area contributed by atoms with Gasteiger partial charge in [0.25, 0.3) is 0 Å². The highest BCUT2D eigenvalue weighted by molar-refractivity contribution is 7.89. The van der Waals surface area contributed by atoms with E-state index in [-0.39, 0.29) is 0 Å². The molecule has 0 unspecified atom stereocenters. The Bertz CT molecular complexity index is 404. The van der Waals surface area contributed by atoms with Gasteiger partial charge in [-0.2, -0.15) is 8.42 Å².